The maximum Gasteiger partial charge on any atom is 0.312 e. The topological polar surface area (TPSA) is 164 Å². The maximum absolute atomic E-state index is 13.9. The molecule has 11 nitrogen and oxygen atoms in total. The number of amides is 2. The van der Waals surface area contributed by atoms with Crippen LogP contribution in [0.3, 0.4) is 0 Å². The molecule has 15 heteroatoms. The van der Waals surface area contributed by atoms with Crippen LogP contribution >= 0.6 is 0 Å². The van der Waals surface area contributed by atoms with E-state index in [-0.39, 0.29) is 30.0 Å². The van der Waals surface area contributed by atoms with Crippen LogP contribution in [0, 0.1) is 58.9 Å². The number of ether oxygens (including phenoxy) is 2. The van der Waals surface area contributed by atoms with Crippen LogP contribution in [-0.4, -0.2) is 64.8 Å². The minimum Gasteiger partial charge on any atom is -0.746 e. The van der Waals surface area contributed by atoms with E-state index >= 15 is 0 Å². The molecule has 228 valence electrons. The van der Waals surface area contributed by atoms with Gasteiger partial charge in [-0.25, -0.2) is 17.2 Å². The molecule has 6 aliphatic carbocycles. The predicted octanol–water partition coefficient (Wildman–Crippen LogP) is 1.80. The molecule has 42 heavy (non-hydrogen) atoms. The van der Waals surface area contributed by atoms with Crippen LogP contribution in [0.25, 0.3) is 0 Å². The van der Waals surface area contributed by atoms with Crippen molar-refractivity contribution in [2.45, 2.75) is 76.7 Å². The molecular weight excluding hydrogens is 835 g/mol. The van der Waals surface area contributed by atoms with E-state index < -0.39 is 92.4 Å². The first kappa shape index (κ1) is 30.0. The molecule has 6 saturated carbocycles. The van der Waals surface area contributed by atoms with Crippen molar-refractivity contribution in [2.24, 2.45) is 52.3 Å². The second-order valence-electron chi connectivity index (χ2n) is 13.8. The molecule has 7 fully saturated rings. The Morgan fingerprint density at radius 3 is 2.17 bits per heavy atom. The van der Waals surface area contributed by atoms with Gasteiger partial charge in [0, 0.05) is 23.2 Å². The molecule has 0 aromatic heterocycles. The zero-order chi connectivity index (χ0) is 30.0. The number of nitrogens with zero attached hydrogens (tertiary/aromatic N) is 1. The summed E-state index contributed by atoms with van der Waals surface area (Å²) in [6, 6.07) is -0.861. The van der Waals surface area contributed by atoms with E-state index in [2.05, 4.69) is 4.74 Å². The Labute approximate surface area is 235 Å². The van der Waals surface area contributed by atoms with E-state index in [1.165, 1.54) is 0 Å². The number of halogens is 2. The van der Waals surface area contributed by atoms with E-state index in [0.717, 1.165) is 17.7 Å². The molecule has 7 rings (SSSR count). The molecule has 0 spiro atoms. The Morgan fingerprint density at radius 1 is 1.02 bits per heavy atom. The average Bonchev–Trinajstić information content (AvgIpc) is 3.47. The molecule has 8 atom stereocenters. The van der Waals surface area contributed by atoms with Gasteiger partial charge < -0.3 is 14.0 Å². The zero-order valence-corrected chi connectivity index (χ0v) is 30.6. The fourth-order valence-electron chi connectivity index (χ4n) is 8.90. The number of imide groups is 1. The van der Waals surface area contributed by atoms with Gasteiger partial charge >= 0.3 is 5.97 Å². The van der Waals surface area contributed by atoms with Crippen molar-refractivity contribution in [1.29, 1.82) is 0 Å². The number of alkyl halides is 2. The van der Waals surface area contributed by atoms with Crippen LogP contribution in [-0.2, 0) is 43.6 Å². The van der Waals surface area contributed by atoms with Crippen LogP contribution in [0.15, 0.2) is 0 Å². The number of Topliss-reactive ketones (excluding diaryl/α,β-unsaturated/α-hetero) is 1. The van der Waals surface area contributed by atoms with Crippen molar-refractivity contribution in [3.63, 3.8) is 0 Å². The summed E-state index contributed by atoms with van der Waals surface area (Å²) in [5.74, 6) is -7.25. The summed E-state index contributed by atoms with van der Waals surface area (Å²) in [6.45, 7) is 4.16. The van der Waals surface area contributed by atoms with Crippen molar-refractivity contribution in [2.75, 3.05) is 0 Å². The smallest absolute Gasteiger partial charge is 0.312 e. The minimum absolute atomic E-state index is 0. The summed E-state index contributed by atoms with van der Waals surface area (Å²) in [5.41, 5.74) is -1.90. The number of esters is 2. The van der Waals surface area contributed by atoms with Gasteiger partial charge in [-0.15, -0.1) is 0 Å². The van der Waals surface area contributed by atoms with Gasteiger partial charge in [0.25, 0.3) is 11.2 Å². The molecule has 6 bridgehead atoms. The van der Waals surface area contributed by atoms with Crippen LogP contribution < -0.4 is 0 Å². The quantitative estimate of drug-likeness (QED) is 0.219. The fourth-order valence-corrected chi connectivity index (χ4v) is 9.06. The van der Waals surface area contributed by atoms with Gasteiger partial charge in [-0.1, -0.05) is 27.4 Å². The van der Waals surface area contributed by atoms with Gasteiger partial charge in [0.05, 0.1) is 23.3 Å². The monoisotopic (exact) mass is 866 g/mol. The predicted molar refractivity (Wildman–Crippen MR) is 130 cm³/mol. The number of fused-ring (bicyclic) bond motifs is 1. The Hall–Kier alpha value is -3.48. The molecule has 0 N–H and O–H groups in total. The normalized spacial score (nSPS) is 39.9. The summed E-state index contributed by atoms with van der Waals surface area (Å²) < 4.78 is 70.6. The Morgan fingerprint density at radius 2 is 1.62 bits per heavy atom. The van der Waals surface area contributed by atoms with Crippen molar-refractivity contribution in [3.05, 3.63) is 6.61 Å². The maximum atomic E-state index is 13.9. The molecule has 0 radical (unpaired) electrons. The molecule has 8 unspecified atom stereocenters. The standard InChI is InChI=1S/C27H32F2NO10S.Rf/c1-25(2,3)23(34)30-18-14-6-15(17(16(14)21(30)32)22(33)39-10-27(28,29)41(36,37)38)20(18)40-24(35)26-7-11-4-12(8-26)19(31)13(5-11)9-26;/h10-18,20H,4-9H2,1-3H3,(H,36,37,38);/q-1;/p-1. The number of likely N-dealkylation sites (tertiary alicyclic amines) is 1. The van der Waals surface area contributed by atoms with Crippen molar-refractivity contribution >= 4 is 39.7 Å². The summed E-state index contributed by atoms with van der Waals surface area (Å²) in [4.78, 5) is 67.7. The van der Waals surface area contributed by atoms with Crippen molar-refractivity contribution in [1.82, 2.24) is 4.90 Å². The van der Waals surface area contributed by atoms with Gasteiger partial charge in [-0.05, 0) is 50.4 Å². The molecule has 1 aliphatic heterocycles. The first-order valence-electron chi connectivity index (χ1n) is 13.9. The SMILES string of the molecule is CC(C)(C)C(=O)N1C(=O)C2C3CC(C(OC(=O)C45CC6CC(C4)C(=O)C(C6)C5)C31)C2C(=O)O[CH-]C(F)(F)S(=O)(=O)[O-].[Rf]. The molecule has 1 heterocycles. The minimum atomic E-state index is -6.17. The van der Waals surface area contributed by atoms with Crippen LogP contribution in [0.5, 0.6) is 0 Å². The Kier molecular flexibility index (Phi) is 6.44. The Bertz CT molecular complexity index is 1340. The first-order chi connectivity index (χ1) is 18.9. The second kappa shape index (κ2) is 9.01. The molecule has 7 aliphatic rings. The van der Waals surface area contributed by atoms with Gasteiger partial charge in [-0.3, -0.25) is 28.9 Å². The van der Waals surface area contributed by atoms with E-state index in [4.69, 9.17) is 4.74 Å². The largest absolute Gasteiger partial charge is 0.746 e. The number of carbonyl (C=O) groups is 5. The summed E-state index contributed by atoms with van der Waals surface area (Å²) in [7, 11) is -6.17. The molecular formula is C27H31F2NO10RfS-2. The fraction of sp³-hybridized carbons (Fsp3) is 0.778. The van der Waals surface area contributed by atoms with Crippen LogP contribution in [0.2, 0.25) is 0 Å². The molecule has 2 amide bonds. The number of hydrogen-bond acceptors (Lipinski definition) is 10. The van der Waals surface area contributed by atoms with Gasteiger partial charge in [0.2, 0.25) is 11.8 Å². The van der Waals surface area contributed by atoms with Crippen LogP contribution in [0.1, 0.15) is 59.3 Å². The van der Waals surface area contributed by atoms with Crippen LogP contribution in [0.4, 0.5) is 8.78 Å². The van der Waals surface area contributed by atoms with Gasteiger partial charge in [-0.2, -0.15) is 0 Å². The first-order valence-corrected chi connectivity index (χ1v) is 15.3. The number of ketones is 1. The van der Waals surface area contributed by atoms with Crippen molar-refractivity contribution in [3.8, 4) is 0 Å². The molecule has 0 aromatic carbocycles. The third kappa shape index (κ3) is 4.06. The van der Waals surface area contributed by atoms with E-state index in [1.807, 2.05) is 0 Å². The summed E-state index contributed by atoms with van der Waals surface area (Å²) in [5, 5.41) is -5.00. The molecule has 1 saturated heterocycles. The average molecular weight is 867 g/mol. The number of rotatable bonds is 6. The summed E-state index contributed by atoms with van der Waals surface area (Å²) in [6.07, 6.45) is 1.79. The molecule has 0 aromatic rings. The Balaban J connectivity index is 0.00000353. The van der Waals surface area contributed by atoms with Crippen molar-refractivity contribution < 1.29 is 55.2 Å². The number of carbonyl (C=O) groups excluding carboxylic acids is 5. The van der Waals surface area contributed by atoms with Gasteiger partial charge in [0.15, 0.2) is 0 Å². The number of hydrogen-bond donors (Lipinski definition) is 0. The van der Waals surface area contributed by atoms with E-state index in [0.29, 0.717) is 19.3 Å². The van der Waals surface area contributed by atoms with E-state index in [9.17, 15) is 45.7 Å². The zero-order valence-electron chi connectivity index (χ0n) is 23.4. The third-order valence-corrected chi connectivity index (χ3v) is 11.1. The second-order valence-corrected chi connectivity index (χ2v) is 15.3. The summed E-state index contributed by atoms with van der Waals surface area (Å²) >= 11 is 0. The third-order valence-electron chi connectivity index (χ3n) is 10.3. The van der Waals surface area contributed by atoms with Gasteiger partial charge in [0.1, 0.15) is 22.0 Å². The van der Waals surface area contributed by atoms with E-state index in [1.54, 1.807) is 20.8 Å².